The summed E-state index contributed by atoms with van der Waals surface area (Å²) in [6.07, 6.45) is -0.654. The number of benzene rings is 2. The van der Waals surface area contributed by atoms with Crippen LogP contribution in [0.15, 0.2) is 45.3 Å². The maximum Gasteiger partial charge on any atom is 0.139 e. The zero-order valence-corrected chi connectivity index (χ0v) is 14.0. The Bertz CT molecular complexity index is 619. The lowest BCUT2D eigenvalue weighted by atomic mass is 10.1. The number of aliphatic hydroxyl groups excluding tert-OH is 1. The van der Waals surface area contributed by atoms with Crippen molar-refractivity contribution in [3.63, 3.8) is 0 Å². The van der Waals surface area contributed by atoms with Crippen molar-refractivity contribution in [3.05, 3.63) is 62.3 Å². The standard InChI is InChI=1S/C15H14Br2FNO/c1-9-5-12(17)13(18)7-14(9)19-8-15(20)10-3-2-4-11(16)6-10/h2-7,15,19-20H,8H2,1H3. The molecule has 0 aliphatic carbocycles. The summed E-state index contributed by atoms with van der Waals surface area (Å²) in [6.45, 7) is 2.20. The molecular formula is C15H14Br2FNO. The fourth-order valence-corrected chi connectivity index (χ4v) is 2.75. The average molecular weight is 403 g/mol. The molecule has 0 saturated heterocycles. The van der Waals surface area contributed by atoms with Gasteiger partial charge in [0, 0.05) is 16.7 Å². The molecule has 1 unspecified atom stereocenters. The van der Waals surface area contributed by atoms with E-state index in [1.165, 1.54) is 6.07 Å². The summed E-state index contributed by atoms with van der Waals surface area (Å²) in [5.74, 6) is -0.324. The largest absolute Gasteiger partial charge is 0.387 e. The van der Waals surface area contributed by atoms with Gasteiger partial charge in [-0.25, -0.2) is 4.39 Å². The first-order valence-electron chi connectivity index (χ1n) is 6.10. The lowest BCUT2D eigenvalue weighted by Crippen LogP contribution is -2.13. The molecule has 2 nitrogen and oxygen atoms in total. The number of anilines is 1. The quantitative estimate of drug-likeness (QED) is 0.769. The maximum atomic E-state index is 13.5. The third-order valence-corrected chi connectivity index (χ3v) is 4.09. The van der Waals surface area contributed by atoms with Crippen molar-refractivity contribution < 1.29 is 9.50 Å². The van der Waals surface area contributed by atoms with E-state index in [1.807, 2.05) is 31.2 Å². The van der Waals surface area contributed by atoms with Gasteiger partial charge in [0.25, 0.3) is 0 Å². The number of aryl methyl sites for hydroxylation is 1. The lowest BCUT2D eigenvalue weighted by Gasteiger charge is -2.15. The van der Waals surface area contributed by atoms with Gasteiger partial charge < -0.3 is 10.4 Å². The number of rotatable bonds is 4. The van der Waals surface area contributed by atoms with Crippen LogP contribution in [0, 0.1) is 12.7 Å². The Hall–Kier alpha value is -0.910. The minimum Gasteiger partial charge on any atom is -0.387 e. The smallest absolute Gasteiger partial charge is 0.139 e. The maximum absolute atomic E-state index is 13.5. The van der Waals surface area contributed by atoms with Gasteiger partial charge in [-0.05, 0) is 58.2 Å². The second-order valence-electron chi connectivity index (χ2n) is 4.53. The van der Waals surface area contributed by atoms with Crippen molar-refractivity contribution in [2.45, 2.75) is 13.0 Å². The molecule has 0 fully saturated rings. The number of nitrogens with one attached hydrogen (secondary N) is 1. The number of hydrogen-bond donors (Lipinski definition) is 2. The van der Waals surface area contributed by atoms with E-state index in [2.05, 4.69) is 37.2 Å². The minimum atomic E-state index is -0.654. The molecule has 0 bridgehead atoms. The Morgan fingerprint density at radius 2 is 2.00 bits per heavy atom. The van der Waals surface area contributed by atoms with E-state index in [9.17, 15) is 9.50 Å². The predicted octanol–water partition coefficient (Wildman–Crippen LogP) is 4.80. The molecule has 0 aliphatic heterocycles. The van der Waals surface area contributed by atoms with Crippen LogP contribution in [0.25, 0.3) is 0 Å². The van der Waals surface area contributed by atoms with Crippen LogP contribution in [-0.4, -0.2) is 11.7 Å². The second-order valence-corrected chi connectivity index (χ2v) is 6.30. The van der Waals surface area contributed by atoms with Crippen LogP contribution in [0.1, 0.15) is 17.2 Å². The van der Waals surface area contributed by atoms with Crippen molar-refractivity contribution in [1.29, 1.82) is 0 Å². The molecule has 0 aliphatic rings. The minimum absolute atomic E-state index is 0.318. The Labute approximate surface area is 134 Å². The Balaban J connectivity index is 2.07. The first kappa shape index (κ1) is 15.5. The molecule has 20 heavy (non-hydrogen) atoms. The molecule has 0 aromatic heterocycles. The van der Waals surface area contributed by atoms with E-state index in [0.717, 1.165) is 15.6 Å². The monoisotopic (exact) mass is 401 g/mol. The Morgan fingerprint density at radius 3 is 2.70 bits per heavy atom. The van der Waals surface area contributed by atoms with Gasteiger partial charge in [-0.3, -0.25) is 0 Å². The molecular weight excluding hydrogens is 389 g/mol. The van der Waals surface area contributed by atoms with Crippen molar-refractivity contribution in [1.82, 2.24) is 0 Å². The summed E-state index contributed by atoms with van der Waals surface area (Å²) in [5.41, 5.74) is 2.40. The SMILES string of the molecule is Cc1cc(Br)c(F)cc1NCC(O)c1cccc(Br)c1. The van der Waals surface area contributed by atoms with Crippen LogP contribution < -0.4 is 5.32 Å². The second kappa shape index (κ2) is 6.70. The number of hydrogen-bond acceptors (Lipinski definition) is 2. The molecule has 2 rings (SSSR count). The summed E-state index contributed by atoms with van der Waals surface area (Å²) in [6, 6.07) is 10.6. The summed E-state index contributed by atoms with van der Waals surface area (Å²) in [5, 5.41) is 13.2. The van der Waals surface area contributed by atoms with Crippen molar-refractivity contribution >= 4 is 37.5 Å². The fraction of sp³-hybridized carbons (Fsp3) is 0.200. The predicted molar refractivity (Wildman–Crippen MR) is 86.4 cm³/mol. The third kappa shape index (κ3) is 3.81. The topological polar surface area (TPSA) is 32.3 Å². The highest BCUT2D eigenvalue weighted by atomic mass is 79.9. The molecule has 1 atom stereocenters. The highest BCUT2D eigenvalue weighted by Crippen LogP contribution is 2.25. The van der Waals surface area contributed by atoms with Gasteiger partial charge in [-0.15, -0.1) is 0 Å². The van der Waals surface area contributed by atoms with Gasteiger partial charge in [-0.1, -0.05) is 28.1 Å². The van der Waals surface area contributed by atoms with Crippen LogP contribution >= 0.6 is 31.9 Å². The normalized spacial score (nSPS) is 12.2. The van der Waals surface area contributed by atoms with Gasteiger partial charge in [0.05, 0.1) is 10.6 Å². The van der Waals surface area contributed by atoms with Gasteiger partial charge in [0.1, 0.15) is 5.82 Å². The summed E-state index contributed by atoms with van der Waals surface area (Å²) >= 11 is 6.52. The van der Waals surface area contributed by atoms with E-state index < -0.39 is 6.10 Å². The molecule has 5 heteroatoms. The van der Waals surface area contributed by atoms with E-state index in [-0.39, 0.29) is 5.82 Å². The van der Waals surface area contributed by atoms with Crippen LogP contribution in [0.5, 0.6) is 0 Å². The molecule has 0 saturated carbocycles. The number of halogens is 3. The number of aliphatic hydroxyl groups is 1. The molecule has 2 N–H and O–H groups in total. The fourth-order valence-electron chi connectivity index (χ4n) is 1.88. The zero-order chi connectivity index (χ0) is 14.7. The van der Waals surface area contributed by atoms with Crippen LogP contribution in [0.3, 0.4) is 0 Å². The third-order valence-electron chi connectivity index (χ3n) is 2.99. The van der Waals surface area contributed by atoms with Crippen LogP contribution in [-0.2, 0) is 0 Å². The summed E-state index contributed by atoms with van der Waals surface area (Å²) in [7, 11) is 0. The van der Waals surface area contributed by atoms with E-state index >= 15 is 0 Å². The Kier molecular flexibility index (Phi) is 5.18. The van der Waals surface area contributed by atoms with Crippen LogP contribution in [0.4, 0.5) is 10.1 Å². The van der Waals surface area contributed by atoms with E-state index in [4.69, 9.17) is 0 Å². The van der Waals surface area contributed by atoms with Gasteiger partial charge >= 0.3 is 0 Å². The van der Waals surface area contributed by atoms with Gasteiger partial charge in [0.2, 0.25) is 0 Å². The molecule has 0 spiro atoms. The molecule has 0 heterocycles. The Morgan fingerprint density at radius 1 is 1.25 bits per heavy atom. The van der Waals surface area contributed by atoms with Crippen LogP contribution in [0.2, 0.25) is 0 Å². The van der Waals surface area contributed by atoms with Crippen molar-refractivity contribution in [3.8, 4) is 0 Å². The molecule has 0 amide bonds. The highest BCUT2D eigenvalue weighted by molar-refractivity contribution is 9.10. The lowest BCUT2D eigenvalue weighted by molar-refractivity contribution is 0.191. The molecule has 0 radical (unpaired) electrons. The summed E-state index contributed by atoms with van der Waals surface area (Å²) < 4.78 is 14.9. The van der Waals surface area contributed by atoms with Gasteiger partial charge in [0.15, 0.2) is 0 Å². The van der Waals surface area contributed by atoms with E-state index in [0.29, 0.717) is 16.7 Å². The average Bonchev–Trinajstić information content (AvgIpc) is 2.41. The summed E-state index contributed by atoms with van der Waals surface area (Å²) in [4.78, 5) is 0. The molecule has 2 aromatic rings. The van der Waals surface area contributed by atoms with Crippen molar-refractivity contribution in [2.24, 2.45) is 0 Å². The highest BCUT2D eigenvalue weighted by Gasteiger charge is 2.10. The van der Waals surface area contributed by atoms with Gasteiger partial charge in [-0.2, -0.15) is 0 Å². The molecule has 106 valence electrons. The van der Waals surface area contributed by atoms with Crippen molar-refractivity contribution in [2.75, 3.05) is 11.9 Å². The van der Waals surface area contributed by atoms with E-state index in [1.54, 1.807) is 6.07 Å². The first-order chi connectivity index (χ1) is 9.47. The molecule has 2 aromatic carbocycles. The zero-order valence-electron chi connectivity index (χ0n) is 10.8. The first-order valence-corrected chi connectivity index (χ1v) is 7.69.